The van der Waals surface area contributed by atoms with Crippen molar-refractivity contribution in [1.29, 1.82) is 0 Å². The predicted molar refractivity (Wildman–Crippen MR) is 140 cm³/mol. The Labute approximate surface area is 196 Å². The molecule has 3 heteroatoms. The number of rotatable bonds is 1. The SMILES string of the molecule is CN(C(=O)O)C1c2c(c3ccccc3c3ccccc23)-c2c1c1ccccc1c1ccccc21. The van der Waals surface area contributed by atoms with Crippen LogP contribution in [0.15, 0.2) is 97.1 Å². The molecule has 0 aromatic heterocycles. The lowest BCUT2D eigenvalue weighted by Gasteiger charge is -2.26. The highest BCUT2D eigenvalue weighted by molar-refractivity contribution is 6.25. The molecule has 1 N–H and O–H groups in total. The zero-order valence-electron chi connectivity index (χ0n) is 18.6. The minimum absolute atomic E-state index is 0.397. The molecule has 0 saturated carbocycles. The summed E-state index contributed by atoms with van der Waals surface area (Å²) in [5.41, 5.74) is 4.47. The molecule has 0 bridgehead atoms. The highest BCUT2D eigenvalue weighted by atomic mass is 16.4. The Morgan fingerprint density at radius 2 is 0.853 bits per heavy atom. The molecule has 0 fully saturated rings. The Kier molecular flexibility index (Phi) is 3.83. The summed E-state index contributed by atoms with van der Waals surface area (Å²) < 4.78 is 0. The van der Waals surface area contributed by atoms with Gasteiger partial charge in [-0.05, 0) is 65.3 Å². The van der Waals surface area contributed by atoms with Crippen molar-refractivity contribution in [2.45, 2.75) is 6.04 Å². The molecule has 3 nitrogen and oxygen atoms in total. The fourth-order valence-corrected chi connectivity index (χ4v) is 6.09. The summed E-state index contributed by atoms with van der Waals surface area (Å²) in [7, 11) is 1.69. The summed E-state index contributed by atoms with van der Waals surface area (Å²) in [6, 6.07) is 33.4. The maximum absolute atomic E-state index is 12.4. The fourth-order valence-electron chi connectivity index (χ4n) is 6.09. The van der Waals surface area contributed by atoms with Gasteiger partial charge in [-0.25, -0.2) is 4.79 Å². The molecule has 0 spiro atoms. The first kappa shape index (κ1) is 19.1. The molecule has 34 heavy (non-hydrogen) atoms. The molecule has 6 aromatic carbocycles. The number of carbonyl (C=O) groups is 1. The largest absolute Gasteiger partial charge is 0.465 e. The molecular weight excluding hydrogens is 418 g/mol. The Bertz CT molecular complexity index is 1690. The van der Waals surface area contributed by atoms with Gasteiger partial charge >= 0.3 is 6.09 Å². The molecule has 1 aliphatic carbocycles. The van der Waals surface area contributed by atoms with Crippen LogP contribution in [-0.4, -0.2) is 23.1 Å². The smallest absolute Gasteiger partial charge is 0.407 e. The standard InChI is InChI=1S/C31H21NO2/c1-32(31(33)34)30-28-24-16-8-4-12-20(24)18-10-2-6-14-22(18)26(28)27-23-15-7-3-11-19(23)21-13-5-9-17-25(21)29(27)30/h2-17,30H,1H3,(H,33,34). The lowest BCUT2D eigenvalue weighted by Crippen LogP contribution is -2.29. The van der Waals surface area contributed by atoms with E-state index in [0.29, 0.717) is 0 Å². The first-order chi connectivity index (χ1) is 16.7. The third-order valence-electron chi connectivity index (χ3n) is 7.43. The summed E-state index contributed by atoms with van der Waals surface area (Å²) in [6.07, 6.45) is -0.932. The van der Waals surface area contributed by atoms with Gasteiger partial charge in [0.2, 0.25) is 0 Å². The molecule has 162 valence electrons. The second-order valence-electron chi connectivity index (χ2n) is 9.06. The second-order valence-corrected chi connectivity index (χ2v) is 9.06. The van der Waals surface area contributed by atoms with Gasteiger partial charge in [0.15, 0.2) is 0 Å². The zero-order chi connectivity index (χ0) is 23.0. The van der Waals surface area contributed by atoms with Crippen molar-refractivity contribution in [3.05, 3.63) is 108 Å². The van der Waals surface area contributed by atoms with Gasteiger partial charge in [-0.1, -0.05) is 97.1 Å². The highest BCUT2D eigenvalue weighted by Gasteiger charge is 2.39. The monoisotopic (exact) mass is 439 g/mol. The van der Waals surface area contributed by atoms with Crippen LogP contribution >= 0.6 is 0 Å². The van der Waals surface area contributed by atoms with Gasteiger partial charge in [0.25, 0.3) is 0 Å². The Balaban J connectivity index is 1.82. The van der Waals surface area contributed by atoms with E-state index in [9.17, 15) is 9.90 Å². The fraction of sp³-hybridized carbons (Fsp3) is 0.0645. The van der Waals surface area contributed by atoms with E-state index in [1.807, 2.05) is 0 Å². The minimum Gasteiger partial charge on any atom is -0.465 e. The number of hydrogen-bond donors (Lipinski definition) is 1. The quantitative estimate of drug-likeness (QED) is 0.264. The van der Waals surface area contributed by atoms with Crippen molar-refractivity contribution in [2.75, 3.05) is 7.05 Å². The molecule has 1 aliphatic rings. The van der Waals surface area contributed by atoms with Crippen LogP contribution in [0, 0.1) is 0 Å². The summed E-state index contributed by atoms with van der Waals surface area (Å²) in [5.74, 6) is 0. The van der Waals surface area contributed by atoms with E-state index in [-0.39, 0.29) is 0 Å². The van der Waals surface area contributed by atoms with Gasteiger partial charge in [0, 0.05) is 7.05 Å². The number of hydrogen-bond acceptors (Lipinski definition) is 1. The third-order valence-corrected chi connectivity index (χ3v) is 7.43. The molecule has 0 radical (unpaired) electrons. The highest BCUT2D eigenvalue weighted by Crippen LogP contribution is 2.56. The van der Waals surface area contributed by atoms with Gasteiger partial charge in [-0.3, -0.25) is 0 Å². The molecule has 0 heterocycles. The summed E-state index contributed by atoms with van der Waals surface area (Å²) in [6.45, 7) is 0. The lowest BCUT2D eigenvalue weighted by atomic mass is 9.89. The molecule has 0 aliphatic heterocycles. The van der Waals surface area contributed by atoms with E-state index in [0.717, 1.165) is 43.8 Å². The van der Waals surface area contributed by atoms with Crippen LogP contribution in [0.3, 0.4) is 0 Å². The normalized spacial score (nSPS) is 13.0. The minimum atomic E-state index is -0.932. The predicted octanol–water partition coefficient (Wildman–Crippen LogP) is 7.98. The summed E-state index contributed by atoms with van der Waals surface area (Å²) in [4.78, 5) is 13.9. The van der Waals surface area contributed by atoms with Gasteiger partial charge in [-0.15, -0.1) is 0 Å². The van der Waals surface area contributed by atoms with E-state index in [2.05, 4.69) is 97.1 Å². The maximum atomic E-state index is 12.4. The molecule has 0 saturated heterocycles. The molecule has 0 atom stereocenters. The molecular formula is C31H21NO2. The topological polar surface area (TPSA) is 40.5 Å². The van der Waals surface area contributed by atoms with E-state index in [4.69, 9.17) is 0 Å². The second kappa shape index (κ2) is 6.82. The van der Waals surface area contributed by atoms with E-state index >= 15 is 0 Å². The summed E-state index contributed by atoms with van der Waals surface area (Å²) >= 11 is 0. The molecule has 1 amide bonds. The van der Waals surface area contributed by atoms with Crippen molar-refractivity contribution in [2.24, 2.45) is 0 Å². The average molecular weight is 440 g/mol. The van der Waals surface area contributed by atoms with Crippen LogP contribution in [0.25, 0.3) is 54.2 Å². The number of nitrogens with zero attached hydrogens (tertiary/aromatic N) is 1. The van der Waals surface area contributed by atoms with Crippen molar-refractivity contribution in [1.82, 2.24) is 4.90 Å². The van der Waals surface area contributed by atoms with Crippen LogP contribution < -0.4 is 0 Å². The number of benzene rings is 6. The molecule has 6 aromatic rings. The summed E-state index contributed by atoms with van der Waals surface area (Å²) in [5, 5.41) is 19.4. The lowest BCUT2D eigenvalue weighted by molar-refractivity contribution is 0.146. The van der Waals surface area contributed by atoms with Gasteiger partial charge in [0.1, 0.15) is 0 Å². The van der Waals surface area contributed by atoms with Crippen LogP contribution in [0.2, 0.25) is 0 Å². The number of amides is 1. The van der Waals surface area contributed by atoms with Crippen LogP contribution in [0.4, 0.5) is 4.79 Å². The van der Waals surface area contributed by atoms with Crippen molar-refractivity contribution in [3.63, 3.8) is 0 Å². The molecule has 7 rings (SSSR count). The van der Waals surface area contributed by atoms with Gasteiger partial charge in [-0.2, -0.15) is 0 Å². The van der Waals surface area contributed by atoms with E-state index in [1.54, 1.807) is 7.05 Å². The average Bonchev–Trinajstić information content (AvgIpc) is 3.25. The van der Waals surface area contributed by atoms with Crippen molar-refractivity contribution < 1.29 is 9.90 Å². The maximum Gasteiger partial charge on any atom is 0.407 e. The third kappa shape index (κ3) is 2.33. The van der Waals surface area contributed by atoms with Crippen LogP contribution in [-0.2, 0) is 0 Å². The Hall–Kier alpha value is -4.37. The van der Waals surface area contributed by atoms with Crippen LogP contribution in [0.5, 0.6) is 0 Å². The molecule has 0 unspecified atom stereocenters. The first-order valence-corrected chi connectivity index (χ1v) is 11.5. The van der Waals surface area contributed by atoms with Gasteiger partial charge < -0.3 is 10.0 Å². The van der Waals surface area contributed by atoms with E-state index in [1.165, 1.54) is 26.4 Å². The van der Waals surface area contributed by atoms with E-state index < -0.39 is 12.1 Å². The van der Waals surface area contributed by atoms with Crippen molar-refractivity contribution >= 4 is 49.2 Å². The number of fused-ring (bicyclic) bond motifs is 13. The Morgan fingerprint density at radius 1 is 0.559 bits per heavy atom. The Morgan fingerprint density at radius 3 is 1.21 bits per heavy atom. The van der Waals surface area contributed by atoms with Crippen molar-refractivity contribution in [3.8, 4) is 11.1 Å². The van der Waals surface area contributed by atoms with Gasteiger partial charge in [0.05, 0.1) is 6.04 Å². The zero-order valence-corrected chi connectivity index (χ0v) is 18.6. The first-order valence-electron chi connectivity index (χ1n) is 11.5. The number of carboxylic acid groups (broad SMARTS) is 1. The van der Waals surface area contributed by atoms with Crippen LogP contribution in [0.1, 0.15) is 17.2 Å².